The lowest BCUT2D eigenvalue weighted by Crippen LogP contribution is -2.33. The van der Waals surface area contributed by atoms with Gasteiger partial charge in [0.25, 0.3) is 0 Å². The van der Waals surface area contributed by atoms with Gasteiger partial charge in [-0.2, -0.15) is 4.98 Å². The number of ether oxygens (including phenoxy) is 2. The Labute approximate surface area is 123 Å². The van der Waals surface area contributed by atoms with Gasteiger partial charge in [-0.25, -0.2) is 4.98 Å². The highest BCUT2D eigenvalue weighted by Gasteiger charge is 2.14. The zero-order chi connectivity index (χ0) is 15.6. The molecule has 0 bridgehead atoms. The molecule has 1 heterocycles. The van der Waals surface area contributed by atoms with Gasteiger partial charge in [0.1, 0.15) is 5.82 Å². The first-order chi connectivity index (χ1) is 9.96. The minimum absolute atomic E-state index is 0.0147. The van der Waals surface area contributed by atoms with Gasteiger partial charge in [0.2, 0.25) is 5.95 Å². The van der Waals surface area contributed by atoms with Gasteiger partial charge in [-0.1, -0.05) is 0 Å². The van der Waals surface area contributed by atoms with Crippen LogP contribution in [-0.2, 0) is 0 Å². The lowest BCUT2D eigenvalue weighted by atomic mass is 10.2. The van der Waals surface area contributed by atoms with Crippen LogP contribution in [0.5, 0.6) is 11.5 Å². The Morgan fingerprint density at radius 1 is 1.19 bits per heavy atom. The third-order valence-electron chi connectivity index (χ3n) is 3.12. The van der Waals surface area contributed by atoms with E-state index in [1.807, 2.05) is 18.9 Å². The summed E-state index contributed by atoms with van der Waals surface area (Å²) in [5.41, 5.74) is 12.5. The molecule has 1 aromatic carbocycles. The van der Waals surface area contributed by atoms with E-state index in [0.717, 1.165) is 5.39 Å². The summed E-state index contributed by atoms with van der Waals surface area (Å²) in [5, 5.41) is 0.727. The predicted molar refractivity (Wildman–Crippen MR) is 84.0 cm³/mol. The summed E-state index contributed by atoms with van der Waals surface area (Å²) < 4.78 is 10.6. The summed E-state index contributed by atoms with van der Waals surface area (Å²) in [6, 6.07) is 3.58. The van der Waals surface area contributed by atoms with Crippen LogP contribution in [0.25, 0.3) is 10.9 Å². The molecule has 7 heteroatoms. The van der Waals surface area contributed by atoms with Crippen LogP contribution in [0.1, 0.15) is 6.92 Å². The molecule has 0 saturated carbocycles. The molecule has 21 heavy (non-hydrogen) atoms. The number of nitrogens with zero attached hydrogens (tertiary/aromatic N) is 3. The molecule has 1 aromatic heterocycles. The third-order valence-corrected chi connectivity index (χ3v) is 3.12. The van der Waals surface area contributed by atoms with E-state index in [2.05, 4.69) is 9.97 Å². The largest absolute Gasteiger partial charge is 0.493 e. The molecule has 0 aliphatic heterocycles. The monoisotopic (exact) mass is 291 g/mol. The van der Waals surface area contributed by atoms with Crippen LogP contribution in [0, 0.1) is 0 Å². The van der Waals surface area contributed by atoms with Crippen molar-refractivity contribution in [2.75, 3.05) is 38.4 Å². The molecule has 0 spiro atoms. The number of likely N-dealkylation sites (N-methyl/N-ethyl adjacent to an activating group) is 1. The molecule has 114 valence electrons. The predicted octanol–water partition coefficient (Wildman–Crippen LogP) is 1.01. The Kier molecular flexibility index (Phi) is 4.32. The van der Waals surface area contributed by atoms with E-state index in [1.54, 1.807) is 26.4 Å². The number of aromatic nitrogens is 2. The summed E-state index contributed by atoms with van der Waals surface area (Å²) >= 11 is 0. The molecule has 1 atom stereocenters. The van der Waals surface area contributed by atoms with Gasteiger partial charge in [0, 0.05) is 31.1 Å². The average molecular weight is 291 g/mol. The summed E-state index contributed by atoms with van der Waals surface area (Å²) in [4.78, 5) is 10.7. The fourth-order valence-electron chi connectivity index (χ4n) is 2.15. The number of hydrogen-bond donors (Lipinski definition) is 2. The van der Waals surface area contributed by atoms with Crippen LogP contribution in [0.15, 0.2) is 12.1 Å². The smallest absolute Gasteiger partial charge is 0.227 e. The second kappa shape index (κ2) is 6.01. The van der Waals surface area contributed by atoms with Gasteiger partial charge < -0.3 is 25.8 Å². The molecule has 0 radical (unpaired) electrons. The second-order valence-electron chi connectivity index (χ2n) is 4.99. The van der Waals surface area contributed by atoms with Gasteiger partial charge >= 0.3 is 0 Å². The van der Waals surface area contributed by atoms with Crippen molar-refractivity contribution < 1.29 is 9.47 Å². The van der Waals surface area contributed by atoms with Crippen molar-refractivity contribution in [2.45, 2.75) is 13.0 Å². The van der Waals surface area contributed by atoms with Crippen molar-refractivity contribution in [3.63, 3.8) is 0 Å². The summed E-state index contributed by atoms with van der Waals surface area (Å²) in [6.07, 6.45) is 0. The summed E-state index contributed by atoms with van der Waals surface area (Å²) in [5.74, 6) is 2.12. The number of fused-ring (bicyclic) bond motifs is 1. The maximum Gasteiger partial charge on any atom is 0.227 e. The molecule has 2 rings (SSSR count). The number of benzene rings is 1. The van der Waals surface area contributed by atoms with Crippen molar-refractivity contribution in [1.29, 1.82) is 0 Å². The average Bonchev–Trinajstić information content (AvgIpc) is 2.45. The third kappa shape index (κ3) is 3.08. The Morgan fingerprint density at radius 3 is 2.38 bits per heavy atom. The molecule has 7 nitrogen and oxygen atoms in total. The quantitative estimate of drug-likeness (QED) is 0.848. The first-order valence-corrected chi connectivity index (χ1v) is 6.62. The van der Waals surface area contributed by atoms with Gasteiger partial charge in [0.05, 0.1) is 19.7 Å². The normalized spacial score (nSPS) is 12.2. The fourth-order valence-corrected chi connectivity index (χ4v) is 2.15. The Hall–Kier alpha value is -2.28. The maximum atomic E-state index is 6.04. The molecule has 0 fully saturated rings. The molecule has 0 aliphatic rings. The van der Waals surface area contributed by atoms with Gasteiger partial charge in [-0.15, -0.1) is 0 Å². The van der Waals surface area contributed by atoms with Crippen molar-refractivity contribution in [2.24, 2.45) is 5.73 Å². The number of nitrogens with two attached hydrogens (primary N) is 2. The lowest BCUT2D eigenvalue weighted by molar-refractivity contribution is 0.356. The zero-order valence-electron chi connectivity index (χ0n) is 12.8. The minimum Gasteiger partial charge on any atom is -0.493 e. The molecular weight excluding hydrogens is 270 g/mol. The Balaban J connectivity index is 2.54. The number of rotatable bonds is 5. The number of anilines is 2. The first-order valence-electron chi connectivity index (χ1n) is 6.62. The van der Waals surface area contributed by atoms with Crippen LogP contribution >= 0.6 is 0 Å². The molecule has 0 amide bonds. The van der Waals surface area contributed by atoms with E-state index in [-0.39, 0.29) is 6.04 Å². The van der Waals surface area contributed by atoms with E-state index >= 15 is 0 Å². The van der Waals surface area contributed by atoms with Crippen molar-refractivity contribution in [3.8, 4) is 11.5 Å². The topological polar surface area (TPSA) is 99.5 Å². The molecule has 1 unspecified atom stereocenters. The van der Waals surface area contributed by atoms with Crippen LogP contribution in [0.4, 0.5) is 11.8 Å². The number of hydrogen-bond acceptors (Lipinski definition) is 7. The Morgan fingerprint density at radius 2 is 1.81 bits per heavy atom. The van der Waals surface area contributed by atoms with Crippen molar-refractivity contribution in [3.05, 3.63) is 12.1 Å². The highest BCUT2D eigenvalue weighted by molar-refractivity contribution is 5.91. The number of nitrogen functional groups attached to an aromatic ring is 1. The van der Waals surface area contributed by atoms with Gasteiger partial charge in [-0.05, 0) is 13.0 Å². The van der Waals surface area contributed by atoms with Crippen LogP contribution in [-0.4, -0.2) is 43.8 Å². The van der Waals surface area contributed by atoms with E-state index in [9.17, 15) is 0 Å². The zero-order valence-corrected chi connectivity index (χ0v) is 12.8. The lowest BCUT2D eigenvalue weighted by Gasteiger charge is -2.20. The highest BCUT2D eigenvalue weighted by atomic mass is 16.5. The molecule has 0 saturated heterocycles. The number of methoxy groups -OCH3 is 2. The van der Waals surface area contributed by atoms with Gasteiger partial charge in [-0.3, -0.25) is 0 Å². The van der Waals surface area contributed by atoms with Crippen LogP contribution in [0.3, 0.4) is 0 Å². The second-order valence-corrected chi connectivity index (χ2v) is 4.99. The van der Waals surface area contributed by atoms with Crippen LogP contribution in [0.2, 0.25) is 0 Å². The standard InChI is InChI=1S/C14H21N5O2/c1-8(15)7-19(2)14-17-10-6-12(21-4)11(20-3)5-9(10)13(16)18-14/h5-6,8H,7,15H2,1-4H3,(H2,16,17,18). The van der Waals surface area contributed by atoms with Crippen molar-refractivity contribution in [1.82, 2.24) is 9.97 Å². The minimum atomic E-state index is 0.0147. The SMILES string of the molecule is COc1cc2nc(N(C)CC(C)N)nc(N)c2cc1OC. The van der Waals surface area contributed by atoms with Gasteiger partial charge in [0.15, 0.2) is 11.5 Å². The first kappa shape index (κ1) is 15.1. The summed E-state index contributed by atoms with van der Waals surface area (Å²) in [7, 11) is 5.04. The van der Waals surface area contributed by atoms with E-state index in [1.165, 1.54) is 0 Å². The van der Waals surface area contributed by atoms with Crippen molar-refractivity contribution >= 4 is 22.7 Å². The van der Waals surface area contributed by atoms with E-state index in [0.29, 0.717) is 35.3 Å². The fraction of sp³-hybridized carbons (Fsp3) is 0.429. The van der Waals surface area contributed by atoms with Crippen LogP contribution < -0.4 is 25.8 Å². The molecule has 4 N–H and O–H groups in total. The molecular formula is C14H21N5O2. The van der Waals surface area contributed by atoms with E-state index < -0.39 is 0 Å². The highest BCUT2D eigenvalue weighted by Crippen LogP contribution is 2.33. The maximum absolute atomic E-state index is 6.04. The molecule has 0 aliphatic carbocycles. The molecule has 2 aromatic rings. The van der Waals surface area contributed by atoms with E-state index in [4.69, 9.17) is 20.9 Å². The Bertz CT molecular complexity index is 645. The summed E-state index contributed by atoms with van der Waals surface area (Å²) in [6.45, 7) is 2.56.